The van der Waals surface area contributed by atoms with Crippen molar-refractivity contribution in [3.63, 3.8) is 0 Å². The Bertz CT molecular complexity index is 660. The van der Waals surface area contributed by atoms with Crippen molar-refractivity contribution in [2.24, 2.45) is 0 Å². The molecule has 0 amide bonds. The first-order valence-electron chi connectivity index (χ1n) is 10.9. The third-order valence-electron chi connectivity index (χ3n) is 5.74. The lowest BCUT2D eigenvalue weighted by Crippen LogP contribution is -2.36. The maximum absolute atomic E-state index is 14.2. The molecule has 1 heterocycles. The molecule has 162 valence electrons. The van der Waals surface area contributed by atoms with Gasteiger partial charge in [0.25, 0.3) is 0 Å². The highest BCUT2D eigenvalue weighted by atomic mass is 19.1. The minimum atomic E-state index is -0.123. The predicted octanol–water partition coefficient (Wildman–Crippen LogP) is 4.61. The summed E-state index contributed by atoms with van der Waals surface area (Å²) in [6, 6.07) is 6.14. The van der Waals surface area contributed by atoms with Crippen LogP contribution in [0.3, 0.4) is 0 Å². The number of rotatable bonds is 7. The number of anilines is 2. The van der Waals surface area contributed by atoms with E-state index in [-0.39, 0.29) is 17.4 Å². The van der Waals surface area contributed by atoms with Crippen LogP contribution in [0, 0.1) is 5.82 Å². The summed E-state index contributed by atoms with van der Waals surface area (Å²) in [4.78, 5) is 25.3. The van der Waals surface area contributed by atoms with Crippen LogP contribution in [-0.2, 0) is 9.59 Å². The van der Waals surface area contributed by atoms with E-state index in [1.165, 1.54) is 32.1 Å². The summed E-state index contributed by atoms with van der Waals surface area (Å²) in [5, 5.41) is 2.98. The highest BCUT2D eigenvalue weighted by molar-refractivity contribution is 5.78. The maximum Gasteiger partial charge on any atom is 0.148 e. The predicted molar refractivity (Wildman–Crippen MR) is 117 cm³/mol. The van der Waals surface area contributed by atoms with Crippen molar-refractivity contribution < 1.29 is 14.0 Å². The summed E-state index contributed by atoms with van der Waals surface area (Å²) < 4.78 is 14.2. The number of ketones is 2. The molecule has 1 aliphatic carbocycles. The van der Waals surface area contributed by atoms with Crippen molar-refractivity contribution in [2.45, 2.75) is 71.3 Å². The van der Waals surface area contributed by atoms with Crippen LogP contribution in [0.15, 0.2) is 18.2 Å². The minimum Gasteiger partial charge on any atom is -0.388 e. The van der Waals surface area contributed by atoms with Crippen molar-refractivity contribution >= 4 is 22.9 Å². The standard InChI is InChI=1S/C16H24FN3.C7H12O2/c1-18-13-7-8-16(15(17)11-13)20-10-9-19(12-20)14-5-3-2-4-6-14;1-6(8)4-3-5-7(2)9/h7-8,11,14,18H,2-6,9-10,12H2,1H3;3-5H2,1-2H3. The summed E-state index contributed by atoms with van der Waals surface area (Å²) in [6.07, 6.45) is 8.51. The monoisotopic (exact) mass is 405 g/mol. The first-order chi connectivity index (χ1) is 13.9. The number of halogens is 1. The zero-order valence-corrected chi connectivity index (χ0v) is 18.2. The Morgan fingerprint density at radius 2 is 1.72 bits per heavy atom. The van der Waals surface area contributed by atoms with E-state index in [1.807, 2.05) is 19.2 Å². The van der Waals surface area contributed by atoms with Gasteiger partial charge < -0.3 is 19.8 Å². The van der Waals surface area contributed by atoms with E-state index in [0.717, 1.165) is 31.1 Å². The van der Waals surface area contributed by atoms with Gasteiger partial charge in [0.15, 0.2) is 0 Å². The van der Waals surface area contributed by atoms with Crippen LogP contribution in [0.25, 0.3) is 0 Å². The third-order valence-corrected chi connectivity index (χ3v) is 5.74. The second-order valence-electron chi connectivity index (χ2n) is 8.18. The van der Waals surface area contributed by atoms with Crippen molar-refractivity contribution in [2.75, 3.05) is 37.0 Å². The molecule has 0 atom stereocenters. The Labute approximate surface area is 174 Å². The molecule has 29 heavy (non-hydrogen) atoms. The molecule has 2 aliphatic rings. The summed E-state index contributed by atoms with van der Waals surface area (Å²) >= 11 is 0. The molecular formula is C23H36FN3O2. The van der Waals surface area contributed by atoms with E-state index in [0.29, 0.717) is 25.3 Å². The van der Waals surface area contributed by atoms with Crippen LogP contribution < -0.4 is 10.2 Å². The van der Waals surface area contributed by atoms with E-state index in [4.69, 9.17) is 0 Å². The Kier molecular flexibility index (Phi) is 9.58. The van der Waals surface area contributed by atoms with Gasteiger partial charge in [-0.2, -0.15) is 0 Å². The Morgan fingerprint density at radius 3 is 2.28 bits per heavy atom. The van der Waals surface area contributed by atoms with E-state index >= 15 is 0 Å². The lowest BCUT2D eigenvalue weighted by atomic mass is 9.94. The number of carbonyl (C=O) groups excluding carboxylic acids is 2. The lowest BCUT2D eigenvalue weighted by molar-refractivity contribution is -0.118. The molecule has 1 saturated heterocycles. The molecule has 0 bridgehead atoms. The number of carbonyl (C=O) groups is 2. The number of hydrogen-bond donors (Lipinski definition) is 1. The van der Waals surface area contributed by atoms with Gasteiger partial charge >= 0.3 is 0 Å². The van der Waals surface area contributed by atoms with Crippen LogP contribution in [0.5, 0.6) is 0 Å². The summed E-state index contributed by atoms with van der Waals surface area (Å²) in [7, 11) is 1.81. The summed E-state index contributed by atoms with van der Waals surface area (Å²) in [6.45, 7) is 5.96. The van der Waals surface area contributed by atoms with Crippen LogP contribution >= 0.6 is 0 Å². The van der Waals surface area contributed by atoms with Crippen LogP contribution in [-0.4, -0.2) is 49.3 Å². The second-order valence-corrected chi connectivity index (χ2v) is 8.18. The topological polar surface area (TPSA) is 52.7 Å². The first-order valence-corrected chi connectivity index (χ1v) is 10.9. The van der Waals surface area contributed by atoms with E-state index in [1.54, 1.807) is 19.9 Å². The van der Waals surface area contributed by atoms with Crippen LogP contribution in [0.2, 0.25) is 0 Å². The average molecular weight is 406 g/mol. The number of Topliss-reactive ketones (excluding diaryl/α,β-unsaturated/α-hetero) is 2. The van der Waals surface area contributed by atoms with Gasteiger partial charge in [0.2, 0.25) is 0 Å². The molecule has 0 aromatic heterocycles. The number of benzene rings is 1. The Hall–Kier alpha value is -1.95. The van der Waals surface area contributed by atoms with Gasteiger partial charge in [-0.25, -0.2) is 4.39 Å². The molecule has 1 aromatic rings. The Balaban J connectivity index is 0.000000284. The van der Waals surface area contributed by atoms with Gasteiger partial charge in [0.05, 0.1) is 12.4 Å². The van der Waals surface area contributed by atoms with Gasteiger partial charge in [-0.05, 0) is 51.3 Å². The number of nitrogens with zero attached hydrogens (tertiary/aromatic N) is 2. The molecule has 2 fully saturated rings. The highest BCUT2D eigenvalue weighted by Crippen LogP contribution is 2.29. The molecule has 6 heteroatoms. The highest BCUT2D eigenvalue weighted by Gasteiger charge is 2.28. The smallest absolute Gasteiger partial charge is 0.148 e. The van der Waals surface area contributed by atoms with Crippen molar-refractivity contribution in [1.82, 2.24) is 4.90 Å². The quantitative estimate of drug-likeness (QED) is 0.718. The van der Waals surface area contributed by atoms with Gasteiger partial charge in [-0.15, -0.1) is 0 Å². The molecule has 0 spiro atoms. The fourth-order valence-corrected chi connectivity index (χ4v) is 4.06. The van der Waals surface area contributed by atoms with E-state index < -0.39 is 0 Å². The zero-order valence-electron chi connectivity index (χ0n) is 18.2. The summed E-state index contributed by atoms with van der Waals surface area (Å²) in [5.41, 5.74) is 1.57. The fourth-order valence-electron chi connectivity index (χ4n) is 4.06. The molecule has 0 radical (unpaired) electrons. The molecule has 1 aromatic carbocycles. The molecule has 1 N–H and O–H groups in total. The van der Waals surface area contributed by atoms with E-state index in [2.05, 4.69) is 15.1 Å². The minimum absolute atomic E-state index is 0.123. The van der Waals surface area contributed by atoms with Crippen LogP contribution in [0.1, 0.15) is 65.2 Å². The van der Waals surface area contributed by atoms with Gasteiger partial charge in [0, 0.05) is 44.7 Å². The molecule has 3 rings (SSSR count). The van der Waals surface area contributed by atoms with Crippen molar-refractivity contribution in [3.8, 4) is 0 Å². The molecule has 1 aliphatic heterocycles. The first kappa shape index (κ1) is 23.3. The maximum atomic E-state index is 14.2. The van der Waals surface area contributed by atoms with Crippen molar-refractivity contribution in [1.29, 1.82) is 0 Å². The number of nitrogens with one attached hydrogen (secondary N) is 1. The van der Waals surface area contributed by atoms with Crippen LogP contribution in [0.4, 0.5) is 15.8 Å². The van der Waals surface area contributed by atoms with E-state index in [9.17, 15) is 14.0 Å². The number of hydrogen-bond acceptors (Lipinski definition) is 5. The molecule has 5 nitrogen and oxygen atoms in total. The normalized spacial score (nSPS) is 17.6. The Morgan fingerprint density at radius 1 is 1.07 bits per heavy atom. The van der Waals surface area contributed by atoms with Gasteiger partial charge in [-0.1, -0.05) is 19.3 Å². The summed E-state index contributed by atoms with van der Waals surface area (Å²) in [5.74, 6) is 0.204. The third kappa shape index (κ3) is 7.77. The SMILES string of the molecule is CC(=O)CCCC(C)=O.CNc1ccc(N2CCN(C3CCCCC3)C2)c(F)c1. The molecular weight excluding hydrogens is 369 g/mol. The molecule has 1 saturated carbocycles. The van der Waals surface area contributed by atoms with Gasteiger partial charge in [-0.3, -0.25) is 4.90 Å². The average Bonchev–Trinajstić information content (AvgIpc) is 3.18. The van der Waals surface area contributed by atoms with Gasteiger partial charge in [0.1, 0.15) is 17.4 Å². The second kappa shape index (κ2) is 11.9. The molecule has 0 unspecified atom stereocenters. The fraction of sp³-hybridized carbons (Fsp3) is 0.652. The largest absolute Gasteiger partial charge is 0.388 e. The van der Waals surface area contributed by atoms with Crippen molar-refractivity contribution in [3.05, 3.63) is 24.0 Å². The zero-order chi connectivity index (χ0) is 21.2. The lowest BCUT2D eigenvalue weighted by Gasteiger charge is -2.31.